The van der Waals surface area contributed by atoms with Crippen molar-refractivity contribution in [3.63, 3.8) is 0 Å². The molecule has 1 saturated carbocycles. The molecule has 0 radical (unpaired) electrons. The predicted molar refractivity (Wildman–Crippen MR) is 92.8 cm³/mol. The third-order valence-corrected chi connectivity index (χ3v) is 6.42. The summed E-state index contributed by atoms with van der Waals surface area (Å²) in [5.74, 6) is -0.0149. The van der Waals surface area contributed by atoms with E-state index in [2.05, 4.69) is 29.5 Å². The largest absolute Gasteiger partial charge is 0.465 e. The molecule has 1 atom stereocenters. The fourth-order valence-corrected chi connectivity index (χ4v) is 4.66. The lowest BCUT2D eigenvalue weighted by Gasteiger charge is -2.42. The van der Waals surface area contributed by atoms with Gasteiger partial charge in [0.05, 0.1) is 23.7 Å². The van der Waals surface area contributed by atoms with E-state index in [-0.39, 0.29) is 23.1 Å². The van der Waals surface area contributed by atoms with Crippen LogP contribution in [0.3, 0.4) is 0 Å². The van der Waals surface area contributed by atoms with Gasteiger partial charge in [0, 0.05) is 4.43 Å². The van der Waals surface area contributed by atoms with Crippen LogP contribution < -0.4 is 0 Å². The van der Waals surface area contributed by atoms with Gasteiger partial charge in [-0.25, -0.2) is 0 Å². The first-order valence-corrected chi connectivity index (χ1v) is 10.1. The molecular weight excluding hydrogens is 379 g/mol. The quantitative estimate of drug-likeness (QED) is 0.228. The van der Waals surface area contributed by atoms with Gasteiger partial charge < -0.3 is 9.47 Å². The van der Waals surface area contributed by atoms with Gasteiger partial charge in [0.15, 0.2) is 0 Å². The Morgan fingerprint density at radius 1 is 1.19 bits per heavy atom. The number of hydrogen-bond donors (Lipinski definition) is 0. The number of alkyl halides is 1. The Balaban J connectivity index is 1.82. The zero-order valence-corrected chi connectivity index (χ0v) is 15.6. The second kappa shape index (κ2) is 7.62. The highest BCUT2D eigenvalue weighted by atomic mass is 127. The molecule has 4 heteroatoms. The molecule has 2 bridgehead atoms. The number of rotatable bonds is 10. The Kier molecular flexibility index (Phi) is 6.36. The average molecular weight is 408 g/mol. The highest BCUT2D eigenvalue weighted by molar-refractivity contribution is 14.1. The number of ether oxygens (including phenoxy) is 2. The lowest BCUT2D eigenvalue weighted by molar-refractivity contribution is -0.161. The topological polar surface area (TPSA) is 35.5 Å². The first-order chi connectivity index (χ1) is 10.1. The number of carbonyl (C=O) groups excluding carboxylic acids is 1. The molecule has 0 spiro atoms. The summed E-state index contributed by atoms with van der Waals surface area (Å²) in [6.45, 7) is 4.60. The molecule has 0 aromatic carbocycles. The van der Waals surface area contributed by atoms with E-state index < -0.39 is 0 Å². The molecule has 2 aliphatic heterocycles. The molecule has 3 nitrogen and oxygen atoms in total. The van der Waals surface area contributed by atoms with Crippen molar-refractivity contribution in [3.05, 3.63) is 0 Å². The SMILES string of the molecule is CCCCCCCCC1OC2(CI)CC1(C(=O)OCC)C2. The van der Waals surface area contributed by atoms with Crippen molar-refractivity contribution in [1.29, 1.82) is 0 Å². The van der Waals surface area contributed by atoms with Crippen molar-refractivity contribution in [2.24, 2.45) is 5.41 Å². The molecule has 2 saturated heterocycles. The molecule has 3 fully saturated rings. The van der Waals surface area contributed by atoms with Crippen molar-refractivity contribution < 1.29 is 14.3 Å². The Morgan fingerprint density at radius 3 is 2.48 bits per heavy atom. The van der Waals surface area contributed by atoms with Gasteiger partial charge in [-0.1, -0.05) is 68.0 Å². The van der Waals surface area contributed by atoms with Crippen LogP contribution in [0.4, 0.5) is 0 Å². The number of esters is 1. The summed E-state index contributed by atoms with van der Waals surface area (Å²) >= 11 is 2.39. The Bertz CT molecular complexity index is 350. The number of carbonyl (C=O) groups is 1. The first-order valence-electron chi connectivity index (χ1n) is 8.53. The second-order valence-electron chi connectivity index (χ2n) is 6.71. The Morgan fingerprint density at radius 2 is 1.86 bits per heavy atom. The van der Waals surface area contributed by atoms with Crippen LogP contribution in [0.2, 0.25) is 0 Å². The first kappa shape index (κ1) is 17.5. The molecule has 3 aliphatic rings. The third kappa shape index (κ3) is 3.57. The van der Waals surface area contributed by atoms with Gasteiger partial charge in [-0.2, -0.15) is 0 Å². The predicted octanol–water partition coefficient (Wildman–Crippen LogP) is 4.65. The van der Waals surface area contributed by atoms with Crippen LogP contribution in [0, 0.1) is 5.41 Å². The normalized spacial score (nSPS) is 33.8. The molecular formula is C17H29IO3. The van der Waals surface area contributed by atoms with Crippen molar-refractivity contribution in [1.82, 2.24) is 0 Å². The van der Waals surface area contributed by atoms with E-state index in [1.54, 1.807) is 0 Å². The van der Waals surface area contributed by atoms with E-state index in [1.165, 1.54) is 38.5 Å². The molecule has 122 valence electrons. The molecule has 1 aliphatic carbocycles. The standard InChI is InChI=1S/C17H29IO3/c1-3-5-6-7-8-9-10-14-17(15(19)20-4-2)11-16(12-17,13-18)21-14/h14H,3-13H2,1-2H3. The number of hydrogen-bond acceptors (Lipinski definition) is 3. The molecule has 0 aromatic heterocycles. The summed E-state index contributed by atoms with van der Waals surface area (Å²) in [7, 11) is 0. The minimum atomic E-state index is -0.315. The van der Waals surface area contributed by atoms with Gasteiger partial charge in [0.25, 0.3) is 0 Å². The van der Waals surface area contributed by atoms with E-state index >= 15 is 0 Å². The van der Waals surface area contributed by atoms with Crippen LogP contribution in [0.15, 0.2) is 0 Å². The van der Waals surface area contributed by atoms with E-state index in [9.17, 15) is 4.79 Å². The molecule has 0 N–H and O–H groups in total. The fourth-order valence-electron chi connectivity index (χ4n) is 3.95. The van der Waals surface area contributed by atoms with Crippen LogP contribution in [0.1, 0.15) is 71.6 Å². The van der Waals surface area contributed by atoms with Crippen LogP contribution >= 0.6 is 22.6 Å². The maximum atomic E-state index is 12.3. The molecule has 0 amide bonds. The fraction of sp³-hybridized carbons (Fsp3) is 0.941. The van der Waals surface area contributed by atoms with Gasteiger partial charge in [-0.3, -0.25) is 4.79 Å². The highest BCUT2D eigenvalue weighted by Crippen LogP contribution is 2.63. The third-order valence-electron chi connectivity index (χ3n) is 5.03. The van der Waals surface area contributed by atoms with Crippen LogP contribution in [0.5, 0.6) is 0 Å². The highest BCUT2D eigenvalue weighted by Gasteiger charge is 2.71. The number of halogens is 1. The minimum Gasteiger partial charge on any atom is -0.465 e. The summed E-state index contributed by atoms with van der Waals surface area (Å²) in [5, 5.41) is 0. The van der Waals surface area contributed by atoms with Gasteiger partial charge in [0.1, 0.15) is 0 Å². The van der Waals surface area contributed by atoms with E-state index in [0.29, 0.717) is 6.61 Å². The van der Waals surface area contributed by atoms with E-state index in [0.717, 1.165) is 23.7 Å². The second-order valence-corrected chi connectivity index (χ2v) is 7.47. The van der Waals surface area contributed by atoms with Crippen molar-refractivity contribution in [2.45, 2.75) is 83.3 Å². The summed E-state index contributed by atoms with van der Waals surface area (Å²) in [5.41, 5.74) is -0.342. The maximum absolute atomic E-state index is 12.3. The van der Waals surface area contributed by atoms with Crippen molar-refractivity contribution >= 4 is 28.6 Å². The Labute approximate surface area is 142 Å². The van der Waals surface area contributed by atoms with Crippen LogP contribution in [-0.2, 0) is 14.3 Å². The van der Waals surface area contributed by atoms with Gasteiger partial charge in [-0.05, 0) is 26.2 Å². The zero-order chi connectivity index (χ0) is 15.3. The smallest absolute Gasteiger partial charge is 0.314 e. The zero-order valence-electron chi connectivity index (χ0n) is 13.5. The van der Waals surface area contributed by atoms with E-state index in [4.69, 9.17) is 9.47 Å². The van der Waals surface area contributed by atoms with Crippen molar-refractivity contribution in [3.8, 4) is 0 Å². The lowest BCUT2D eigenvalue weighted by Crippen LogP contribution is -2.51. The molecule has 0 aromatic rings. The van der Waals surface area contributed by atoms with Crippen LogP contribution in [-0.4, -0.2) is 28.7 Å². The minimum absolute atomic E-state index is 0.0149. The van der Waals surface area contributed by atoms with Gasteiger partial charge >= 0.3 is 5.97 Å². The molecule has 1 unspecified atom stereocenters. The Hall–Kier alpha value is 0.160. The summed E-state index contributed by atoms with van der Waals surface area (Å²) < 4.78 is 12.6. The van der Waals surface area contributed by atoms with Crippen LogP contribution in [0.25, 0.3) is 0 Å². The monoisotopic (exact) mass is 408 g/mol. The summed E-state index contributed by atoms with van der Waals surface area (Å²) in [6.07, 6.45) is 10.6. The van der Waals surface area contributed by atoms with Gasteiger partial charge in [0.2, 0.25) is 0 Å². The lowest BCUT2D eigenvalue weighted by atomic mass is 9.60. The van der Waals surface area contributed by atoms with E-state index in [1.807, 2.05) is 6.92 Å². The molecule has 21 heavy (non-hydrogen) atoms. The maximum Gasteiger partial charge on any atom is 0.314 e. The summed E-state index contributed by atoms with van der Waals surface area (Å²) in [6, 6.07) is 0. The average Bonchev–Trinajstić information content (AvgIpc) is 2.93. The number of fused-ring (bicyclic) bond motifs is 1. The molecule has 3 rings (SSSR count). The van der Waals surface area contributed by atoms with Crippen molar-refractivity contribution in [2.75, 3.05) is 11.0 Å². The summed E-state index contributed by atoms with van der Waals surface area (Å²) in [4.78, 5) is 12.3. The molecule has 2 heterocycles. The van der Waals surface area contributed by atoms with Gasteiger partial charge in [-0.15, -0.1) is 0 Å². The number of unbranched alkanes of at least 4 members (excludes halogenated alkanes) is 5.